The SMILES string of the molecule is CCCN1C(=O)Cc2oc(=O)cc(CC)c2C1=O. The Labute approximate surface area is 104 Å². The molecule has 2 heterocycles. The molecule has 1 aliphatic heterocycles. The van der Waals surface area contributed by atoms with E-state index >= 15 is 0 Å². The minimum atomic E-state index is -0.504. The number of fused-ring (bicyclic) bond motifs is 1. The van der Waals surface area contributed by atoms with Crippen LogP contribution in [0.4, 0.5) is 0 Å². The number of aryl methyl sites for hydroxylation is 1. The average Bonchev–Trinajstić information content (AvgIpc) is 2.32. The van der Waals surface area contributed by atoms with Crippen LogP contribution in [0.15, 0.2) is 15.3 Å². The molecule has 0 atom stereocenters. The number of rotatable bonds is 3. The largest absolute Gasteiger partial charge is 0.426 e. The van der Waals surface area contributed by atoms with Crippen LogP contribution in [0.1, 0.15) is 41.9 Å². The van der Waals surface area contributed by atoms with Crippen molar-refractivity contribution in [3.05, 3.63) is 33.4 Å². The molecule has 96 valence electrons. The smallest absolute Gasteiger partial charge is 0.336 e. The molecule has 1 aromatic heterocycles. The van der Waals surface area contributed by atoms with Crippen molar-refractivity contribution in [2.75, 3.05) is 6.54 Å². The van der Waals surface area contributed by atoms with Gasteiger partial charge in [-0.2, -0.15) is 0 Å². The second-order valence-electron chi connectivity index (χ2n) is 4.27. The van der Waals surface area contributed by atoms with Crippen molar-refractivity contribution in [3.8, 4) is 0 Å². The molecule has 2 rings (SSSR count). The standard InChI is InChI=1S/C13H15NO4/c1-3-5-14-10(15)7-9-12(13(14)17)8(4-2)6-11(16)18-9/h6H,3-5,7H2,1-2H3. The Bertz CT molecular complexity index is 559. The van der Waals surface area contributed by atoms with E-state index in [1.807, 2.05) is 13.8 Å². The highest BCUT2D eigenvalue weighted by atomic mass is 16.4. The van der Waals surface area contributed by atoms with Gasteiger partial charge in [-0.15, -0.1) is 0 Å². The molecule has 1 aromatic rings. The molecule has 0 aromatic carbocycles. The molecule has 0 fully saturated rings. The third kappa shape index (κ3) is 1.96. The first-order chi connectivity index (χ1) is 8.58. The van der Waals surface area contributed by atoms with Crippen LogP contribution < -0.4 is 5.63 Å². The molecule has 0 aliphatic carbocycles. The van der Waals surface area contributed by atoms with Crippen molar-refractivity contribution >= 4 is 11.8 Å². The van der Waals surface area contributed by atoms with Crippen molar-refractivity contribution < 1.29 is 14.0 Å². The van der Waals surface area contributed by atoms with Crippen LogP contribution in [0.3, 0.4) is 0 Å². The number of amides is 2. The summed E-state index contributed by atoms with van der Waals surface area (Å²) in [6, 6.07) is 1.33. The number of carbonyl (C=O) groups is 2. The molecule has 5 heteroatoms. The lowest BCUT2D eigenvalue weighted by atomic mass is 9.98. The van der Waals surface area contributed by atoms with Crippen LogP contribution in [0.5, 0.6) is 0 Å². The van der Waals surface area contributed by atoms with E-state index in [4.69, 9.17) is 4.42 Å². The highest BCUT2D eigenvalue weighted by Crippen LogP contribution is 2.22. The highest BCUT2D eigenvalue weighted by Gasteiger charge is 2.34. The highest BCUT2D eigenvalue weighted by molar-refractivity contribution is 6.09. The summed E-state index contributed by atoms with van der Waals surface area (Å²) in [7, 11) is 0. The molecule has 0 saturated carbocycles. The molecule has 0 spiro atoms. The van der Waals surface area contributed by atoms with Gasteiger partial charge in [-0.1, -0.05) is 13.8 Å². The average molecular weight is 249 g/mol. The quantitative estimate of drug-likeness (QED) is 0.753. The zero-order valence-electron chi connectivity index (χ0n) is 10.5. The van der Waals surface area contributed by atoms with Crippen molar-refractivity contribution in [2.24, 2.45) is 0 Å². The lowest BCUT2D eigenvalue weighted by molar-refractivity contribution is -0.128. The summed E-state index contributed by atoms with van der Waals surface area (Å²) in [5, 5.41) is 0. The number of hydrogen-bond acceptors (Lipinski definition) is 4. The van der Waals surface area contributed by atoms with Gasteiger partial charge < -0.3 is 4.42 Å². The molecular weight excluding hydrogens is 234 g/mol. The van der Waals surface area contributed by atoms with E-state index in [0.29, 0.717) is 30.5 Å². The van der Waals surface area contributed by atoms with Gasteiger partial charge >= 0.3 is 5.63 Å². The summed E-state index contributed by atoms with van der Waals surface area (Å²) in [5.41, 5.74) is 0.542. The van der Waals surface area contributed by atoms with E-state index in [2.05, 4.69) is 0 Å². The monoisotopic (exact) mass is 249 g/mol. The van der Waals surface area contributed by atoms with Gasteiger partial charge in [0, 0.05) is 12.6 Å². The van der Waals surface area contributed by atoms with Gasteiger partial charge in [-0.25, -0.2) is 4.79 Å². The van der Waals surface area contributed by atoms with Gasteiger partial charge in [0.25, 0.3) is 5.91 Å². The summed E-state index contributed by atoms with van der Waals surface area (Å²) in [6.07, 6.45) is 1.27. The first kappa shape index (κ1) is 12.5. The Morgan fingerprint density at radius 3 is 2.61 bits per heavy atom. The zero-order chi connectivity index (χ0) is 13.3. The molecule has 0 unspecified atom stereocenters. The van der Waals surface area contributed by atoms with Gasteiger partial charge in [0.05, 0.1) is 12.0 Å². The zero-order valence-corrected chi connectivity index (χ0v) is 10.5. The topological polar surface area (TPSA) is 67.6 Å². The molecule has 2 amide bonds. The summed E-state index contributed by atoms with van der Waals surface area (Å²) < 4.78 is 4.99. The van der Waals surface area contributed by atoms with Gasteiger partial charge in [-0.3, -0.25) is 14.5 Å². The second-order valence-corrected chi connectivity index (χ2v) is 4.27. The van der Waals surface area contributed by atoms with Crippen molar-refractivity contribution in [3.63, 3.8) is 0 Å². The maximum absolute atomic E-state index is 12.3. The van der Waals surface area contributed by atoms with Gasteiger partial charge in [-0.05, 0) is 18.4 Å². The Balaban J connectivity index is 2.56. The summed E-state index contributed by atoms with van der Waals surface area (Å²) in [5.74, 6) is -0.434. The Morgan fingerprint density at radius 1 is 1.28 bits per heavy atom. The maximum Gasteiger partial charge on any atom is 0.336 e. The van der Waals surface area contributed by atoms with E-state index < -0.39 is 5.63 Å². The molecule has 0 radical (unpaired) electrons. The van der Waals surface area contributed by atoms with Crippen LogP contribution >= 0.6 is 0 Å². The summed E-state index contributed by atoms with van der Waals surface area (Å²) in [4.78, 5) is 36.6. The molecule has 5 nitrogen and oxygen atoms in total. The fraction of sp³-hybridized carbons (Fsp3) is 0.462. The van der Waals surface area contributed by atoms with Gasteiger partial charge in [0.15, 0.2) is 0 Å². The number of imide groups is 1. The Morgan fingerprint density at radius 2 is 2.00 bits per heavy atom. The third-order valence-corrected chi connectivity index (χ3v) is 3.02. The van der Waals surface area contributed by atoms with E-state index in [1.165, 1.54) is 11.0 Å². The van der Waals surface area contributed by atoms with Crippen LogP contribution in [0, 0.1) is 0 Å². The van der Waals surface area contributed by atoms with Crippen LogP contribution in [-0.4, -0.2) is 23.3 Å². The fourth-order valence-corrected chi connectivity index (χ4v) is 2.19. The molecular formula is C13H15NO4. The number of nitrogens with zero attached hydrogens (tertiary/aromatic N) is 1. The van der Waals surface area contributed by atoms with Crippen LogP contribution in [-0.2, 0) is 17.6 Å². The summed E-state index contributed by atoms with van der Waals surface area (Å²) >= 11 is 0. The minimum Gasteiger partial charge on any atom is -0.426 e. The predicted octanol–water partition coefficient (Wildman–Crippen LogP) is 1.14. The lowest BCUT2D eigenvalue weighted by Crippen LogP contribution is -2.43. The Kier molecular flexibility index (Phi) is 3.32. The maximum atomic E-state index is 12.3. The van der Waals surface area contributed by atoms with E-state index in [0.717, 1.165) is 0 Å². The predicted molar refractivity (Wildman–Crippen MR) is 64.4 cm³/mol. The lowest BCUT2D eigenvalue weighted by Gasteiger charge is -2.26. The van der Waals surface area contributed by atoms with Crippen molar-refractivity contribution in [2.45, 2.75) is 33.1 Å². The first-order valence-electron chi connectivity index (χ1n) is 6.09. The van der Waals surface area contributed by atoms with Crippen LogP contribution in [0.2, 0.25) is 0 Å². The van der Waals surface area contributed by atoms with Gasteiger partial charge in [0.2, 0.25) is 5.91 Å². The number of carbonyl (C=O) groups excluding carboxylic acids is 2. The second kappa shape index (κ2) is 4.76. The molecule has 1 aliphatic rings. The van der Waals surface area contributed by atoms with Crippen LogP contribution in [0.25, 0.3) is 0 Å². The minimum absolute atomic E-state index is 0.00977. The summed E-state index contributed by atoms with van der Waals surface area (Å²) in [6.45, 7) is 4.17. The normalized spacial score (nSPS) is 14.9. The van der Waals surface area contributed by atoms with Crippen molar-refractivity contribution in [1.29, 1.82) is 0 Å². The van der Waals surface area contributed by atoms with Gasteiger partial charge in [0.1, 0.15) is 5.76 Å². The molecule has 0 N–H and O–H groups in total. The molecule has 0 bridgehead atoms. The van der Waals surface area contributed by atoms with Crippen molar-refractivity contribution in [1.82, 2.24) is 4.90 Å². The third-order valence-electron chi connectivity index (χ3n) is 3.02. The van der Waals surface area contributed by atoms with E-state index in [9.17, 15) is 14.4 Å². The first-order valence-corrected chi connectivity index (χ1v) is 6.09. The van der Waals surface area contributed by atoms with E-state index in [-0.39, 0.29) is 24.0 Å². The Hall–Kier alpha value is -1.91. The molecule has 18 heavy (non-hydrogen) atoms. The van der Waals surface area contributed by atoms with E-state index in [1.54, 1.807) is 0 Å². The molecule has 0 saturated heterocycles. The fourth-order valence-electron chi connectivity index (χ4n) is 2.19. The number of hydrogen-bond donors (Lipinski definition) is 0.